The van der Waals surface area contributed by atoms with Crippen molar-refractivity contribution in [1.29, 1.82) is 0 Å². The number of halogens is 6. The molecule has 1 saturated heterocycles. The van der Waals surface area contributed by atoms with E-state index in [1.165, 1.54) is 0 Å². The van der Waals surface area contributed by atoms with Crippen molar-refractivity contribution in [1.82, 2.24) is 0 Å². The first-order chi connectivity index (χ1) is 7.12. The zero-order chi connectivity index (χ0) is 12.4. The SMILES string of the molecule is FC(F)(F)C1(F)C(F)(F)[C@@H]2C=C[C@@]1(CS)O2. The highest BCUT2D eigenvalue weighted by molar-refractivity contribution is 7.80. The fourth-order valence-corrected chi connectivity index (χ4v) is 2.44. The van der Waals surface area contributed by atoms with E-state index >= 15 is 0 Å². The highest BCUT2D eigenvalue weighted by Gasteiger charge is 2.88. The minimum Gasteiger partial charge on any atom is -0.352 e. The zero-order valence-electron chi connectivity index (χ0n) is 7.56. The van der Waals surface area contributed by atoms with E-state index < -0.39 is 35.2 Å². The molecule has 0 N–H and O–H groups in total. The largest absolute Gasteiger partial charge is 0.431 e. The molecule has 0 saturated carbocycles. The van der Waals surface area contributed by atoms with Crippen molar-refractivity contribution in [3.8, 4) is 0 Å². The molecule has 92 valence electrons. The first-order valence-corrected chi connectivity index (χ1v) is 4.87. The molecule has 16 heavy (non-hydrogen) atoms. The third-order valence-corrected chi connectivity index (χ3v) is 3.37. The van der Waals surface area contributed by atoms with Gasteiger partial charge in [0.2, 0.25) is 0 Å². The quantitative estimate of drug-likeness (QED) is 0.435. The normalized spacial score (nSPS) is 45.3. The summed E-state index contributed by atoms with van der Waals surface area (Å²) in [6.45, 7) is 0. The molecular formula is C8H6F6OS. The van der Waals surface area contributed by atoms with E-state index in [4.69, 9.17) is 0 Å². The van der Waals surface area contributed by atoms with Gasteiger partial charge in [-0.05, 0) is 6.08 Å². The number of rotatable bonds is 1. The van der Waals surface area contributed by atoms with E-state index in [-0.39, 0.29) is 0 Å². The minimum atomic E-state index is -5.72. The molecule has 0 spiro atoms. The van der Waals surface area contributed by atoms with Gasteiger partial charge in [0.05, 0.1) is 0 Å². The molecule has 2 rings (SSSR count). The molecule has 3 atom stereocenters. The summed E-state index contributed by atoms with van der Waals surface area (Å²) in [7, 11) is 0. The van der Waals surface area contributed by atoms with Crippen molar-refractivity contribution in [2.24, 2.45) is 0 Å². The Hall–Kier alpha value is -0.370. The van der Waals surface area contributed by atoms with Crippen molar-refractivity contribution in [3.63, 3.8) is 0 Å². The molecule has 0 aromatic heterocycles. The number of fused-ring (bicyclic) bond motifs is 2. The standard InChI is InChI=1S/C8H6F6OS/c9-6(10)4-1-2-5(3-16,15-4)7(6,11)8(12,13)14/h1-2,4,16H,3H2/t4-,5-,7?/m0/s1. The van der Waals surface area contributed by atoms with Crippen LogP contribution in [0.1, 0.15) is 0 Å². The summed E-state index contributed by atoms with van der Waals surface area (Å²) >= 11 is 3.48. The molecule has 1 fully saturated rings. The summed E-state index contributed by atoms with van der Waals surface area (Å²) in [5.41, 5.74) is -7.46. The second kappa shape index (κ2) is 2.90. The van der Waals surface area contributed by atoms with Gasteiger partial charge >= 0.3 is 17.8 Å². The van der Waals surface area contributed by atoms with Gasteiger partial charge in [-0.1, -0.05) is 6.08 Å². The molecule has 2 heterocycles. The molecule has 0 aromatic rings. The molecule has 0 radical (unpaired) electrons. The van der Waals surface area contributed by atoms with Crippen LogP contribution < -0.4 is 0 Å². The van der Waals surface area contributed by atoms with Crippen LogP contribution >= 0.6 is 12.6 Å². The predicted molar refractivity (Wildman–Crippen MR) is 45.4 cm³/mol. The molecule has 2 aliphatic heterocycles. The van der Waals surface area contributed by atoms with Crippen molar-refractivity contribution >= 4 is 12.6 Å². The lowest BCUT2D eigenvalue weighted by molar-refractivity contribution is -0.305. The molecule has 0 aliphatic carbocycles. The molecule has 0 amide bonds. The Morgan fingerprint density at radius 3 is 2.19 bits per heavy atom. The summed E-state index contributed by atoms with van der Waals surface area (Å²) in [6, 6.07) is 0. The van der Waals surface area contributed by atoms with Crippen LogP contribution in [0, 0.1) is 0 Å². The topological polar surface area (TPSA) is 9.23 Å². The molecule has 8 heteroatoms. The van der Waals surface area contributed by atoms with Crippen LogP contribution in [0.3, 0.4) is 0 Å². The summed E-state index contributed by atoms with van der Waals surface area (Å²) in [5, 5.41) is 0. The highest BCUT2D eigenvalue weighted by atomic mass is 32.1. The first-order valence-electron chi connectivity index (χ1n) is 4.24. The Kier molecular flexibility index (Phi) is 2.19. The maximum atomic E-state index is 13.8. The lowest BCUT2D eigenvalue weighted by atomic mass is 9.77. The fraction of sp³-hybridized carbons (Fsp3) is 0.750. The second-order valence-corrected chi connectivity index (χ2v) is 4.04. The minimum absolute atomic E-state index is 0.676. The van der Waals surface area contributed by atoms with Crippen LogP contribution in [0.15, 0.2) is 12.2 Å². The fourth-order valence-electron chi connectivity index (χ4n) is 2.04. The van der Waals surface area contributed by atoms with Gasteiger partial charge in [0, 0.05) is 5.75 Å². The number of hydrogen-bond donors (Lipinski definition) is 1. The zero-order valence-corrected chi connectivity index (χ0v) is 8.46. The second-order valence-electron chi connectivity index (χ2n) is 3.72. The van der Waals surface area contributed by atoms with Crippen molar-refractivity contribution in [2.45, 2.75) is 29.5 Å². The van der Waals surface area contributed by atoms with Crippen LogP contribution in [0.5, 0.6) is 0 Å². The van der Waals surface area contributed by atoms with Gasteiger partial charge in [-0.25, -0.2) is 4.39 Å². The van der Waals surface area contributed by atoms with E-state index in [0.29, 0.717) is 6.08 Å². The van der Waals surface area contributed by atoms with Gasteiger partial charge in [0.15, 0.2) is 0 Å². The number of thiol groups is 1. The molecule has 2 aliphatic rings. The summed E-state index contributed by atoms with van der Waals surface area (Å²) in [4.78, 5) is 0. The van der Waals surface area contributed by atoms with E-state index in [9.17, 15) is 26.3 Å². The maximum absolute atomic E-state index is 13.8. The van der Waals surface area contributed by atoms with Crippen LogP contribution in [-0.4, -0.2) is 35.2 Å². The van der Waals surface area contributed by atoms with Gasteiger partial charge in [0.1, 0.15) is 11.7 Å². The van der Waals surface area contributed by atoms with Gasteiger partial charge < -0.3 is 4.74 Å². The Morgan fingerprint density at radius 2 is 1.81 bits per heavy atom. The third kappa shape index (κ3) is 1.000. The average Bonchev–Trinajstić information content (AvgIpc) is 2.65. The Balaban J connectivity index is 2.62. The Bertz CT molecular complexity index is 353. The summed E-state index contributed by atoms with van der Waals surface area (Å²) in [5.74, 6) is -5.45. The van der Waals surface area contributed by atoms with Crippen molar-refractivity contribution in [2.75, 3.05) is 5.75 Å². The van der Waals surface area contributed by atoms with Crippen LogP contribution in [0.4, 0.5) is 26.3 Å². The lowest BCUT2D eigenvalue weighted by Crippen LogP contribution is -2.66. The molecular weight excluding hydrogens is 258 g/mol. The van der Waals surface area contributed by atoms with Crippen LogP contribution in [0.25, 0.3) is 0 Å². The lowest BCUT2D eigenvalue weighted by Gasteiger charge is -2.39. The average molecular weight is 264 g/mol. The molecule has 1 unspecified atom stereocenters. The molecule has 1 nitrogen and oxygen atoms in total. The van der Waals surface area contributed by atoms with E-state index in [1.54, 1.807) is 0 Å². The van der Waals surface area contributed by atoms with E-state index in [0.717, 1.165) is 6.08 Å². The Morgan fingerprint density at radius 1 is 1.25 bits per heavy atom. The number of hydrogen-bond acceptors (Lipinski definition) is 2. The third-order valence-electron chi connectivity index (χ3n) is 2.90. The first kappa shape index (κ1) is 12.1. The van der Waals surface area contributed by atoms with Gasteiger partial charge in [-0.3, -0.25) is 0 Å². The smallest absolute Gasteiger partial charge is 0.352 e. The van der Waals surface area contributed by atoms with Gasteiger partial charge in [0.25, 0.3) is 0 Å². The summed E-state index contributed by atoms with van der Waals surface area (Å²) in [6.07, 6.45) is -6.50. The molecule has 2 bridgehead atoms. The monoisotopic (exact) mass is 264 g/mol. The van der Waals surface area contributed by atoms with Crippen LogP contribution in [0.2, 0.25) is 0 Å². The number of ether oxygens (including phenoxy) is 1. The van der Waals surface area contributed by atoms with Crippen molar-refractivity contribution in [3.05, 3.63) is 12.2 Å². The Labute approximate surface area is 91.9 Å². The van der Waals surface area contributed by atoms with Gasteiger partial charge in [-0.2, -0.15) is 34.6 Å². The number of alkyl halides is 6. The van der Waals surface area contributed by atoms with Crippen molar-refractivity contribution < 1.29 is 31.1 Å². The maximum Gasteiger partial charge on any atom is 0.431 e. The van der Waals surface area contributed by atoms with E-state index in [2.05, 4.69) is 17.4 Å². The highest BCUT2D eigenvalue weighted by Crippen LogP contribution is 2.63. The van der Waals surface area contributed by atoms with E-state index in [1.807, 2.05) is 0 Å². The van der Waals surface area contributed by atoms with Gasteiger partial charge in [-0.15, -0.1) is 0 Å². The summed E-state index contributed by atoms with van der Waals surface area (Å²) < 4.78 is 82.5. The van der Waals surface area contributed by atoms with Crippen LogP contribution in [-0.2, 0) is 4.74 Å². The predicted octanol–water partition coefficient (Wildman–Crippen LogP) is 2.53. The molecule has 0 aromatic carbocycles.